The Morgan fingerprint density at radius 2 is 1.31 bits per heavy atom. The molecule has 3 heteroatoms. The zero-order chi connectivity index (χ0) is 8.74. The van der Waals surface area contributed by atoms with Gasteiger partial charge in [-0.2, -0.15) is 0 Å². The molecule has 0 amide bonds. The molecule has 0 unspecified atom stereocenters. The third-order valence-electron chi connectivity index (χ3n) is 4.59. The van der Waals surface area contributed by atoms with Crippen LogP contribution in [0.4, 0.5) is 0 Å². The van der Waals surface area contributed by atoms with Gasteiger partial charge in [-0.25, -0.2) is 0 Å². The molecule has 13 heavy (non-hydrogen) atoms. The molecule has 3 aliphatic carbocycles. The molecule has 68 valence electrons. The molecule has 0 aromatic heterocycles. The van der Waals surface area contributed by atoms with Crippen molar-refractivity contribution in [1.82, 2.24) is 0 Å². The van der Waals surface area contributed by atoms with Crippen molar-refractivity contribution >= 4 is 11.9 Å². The number of carbonyl (C=O) groups excluding carboxylic acids is 2. The molecule has 4 fully saturated rings. The SMILES string of the molecule is O=C1OC(=O)[C@H]2[C@@H]3C[C@@H]([C@@H]4C[C@@H]43)[C@@H]12. The summed E-state index contributed by atoms with van der Waals surface area (Å²) in [6, 6.07) is 0. The number of rotatable bonds is 0. The van der Waals surface area contributed by atoms with Gasteiger partial charge >= 0.3 is 11.9 Å². The largest absolute Gasteiger partial charge is 0.393 e. The van der Waals surface area contributed by atoms with E-state index in [-0.39, 0.29) is 23.8 Å². The van der Waals surface area contributed by atoms with E-state index in [1.807, 2.05) is 0 Å². The number of hydrogen-bond acceptors (Lipinski definition) is 3. The van der Waals surface area contributed by atoms with Crippen LogP contribution >= 0.6 is 0 Å². The fourth-order valence-corrected chi connectivity index (χ4v) is 4.12. The molecule has 0 spiro atoms. The molecule has 0 aromatic carbocycles. The lowest BCUT2D eigenvalue weighted by Gasteiger charge is -2.17. The van der Waals surface area contributed by atoms with Crippen molar-refractivity contribution in [2.24, 2.45) is 35.5 Å². The summed E-state index contributed by atoms with van der Waals surface area (Å²) >= 11 is 0. The van der Waals surface area contributed by atoms with Gasteiger partial charge in [-0.3, -0.25) is 9.59 Å². The second kappa shape index (κ2) is 1.68. The van der Waals surface area contributed by atoms with Gasteiger partial charge < -0.3 is 4.74 Å². The Hall–Kier alpha value is -0.860. The minimum atomic E-state index is -0.229. The number of cyclic esters (lactones) is 2. The van der Waals surface area contributed by atoms with Gasteiger partial charge in [0.15, 0.2) is 0 Å². The van der Waals surface area contributed by atoms with Crippen LogP contribution in [0.1, 0.15) is 12.8 Å². The van der Waals surface area contributed by atoms with E-state index in [9.17, 15) is 9.59 Å². The standard InChI is InChI=1S/C10H10O3/c11-9-7-5-2-6(4-1-3(4)5)8(7)10(12)13-9/h3-8H,1-2H2/t3-,4+,5+,6-,7-,8+. The third-order valence-corrected chi connectivity index (χ3v) is 4.59. The summed E-state index contributed by atoms with van der Waals surface area (Å²) in [5, 5.41) is 0. The number of fused-ring (bicyclic) bond motifs is 8. The van der Waals surface area contributed by atoms with Gasteiger partial charge in [0.25, 0.3) is 0 Å². The molecular formula is C10H10O3. The van der Waals surface area contributed by atoms with Crippen LogP contribution in [0.3, 0.4) is 0 Å². The number of ether oxygens (including phenoxy) is 1. The lowest BCUT2D eigenvalue weighted by atomic mass is 9.81. The summed E-state index contributed by atoms with van der Waals surface area (Å²) in [5.74, 6) is 2.00. The molecule has 1 aliphatic heterocycles. The lowest BCUT2D eigenvalue weighted by Crippen LogP contribution is -2.26. The van der Waals surface area contributed by atoms with Crippen molar-refractivity contribution < 1.29 is 14.3 Å². The van der Waals surface area contributed by atoms with Gasteiger partial charge in [0, 0.05) is 0 Å². The van der Waals surface area contributed by atoms with Gasteiger partial charge in [0.2, 0.25) is 0 Å². The van der Waals surface area contributed by atoms with Crippen LogP contribution in [0.2, 0.25) is 0 Å². The zero-order valence-electron chi connectivity index (χ0n) is 7.10. The van der Waals surface area contributed by atoms with E-state index in [1.165, 1.54) is 6.42 Å². The first-order valence-electron chi connectivity index (χ1n) is 5.03. The predicted molar refractivity (Wildman–Crippen MR) is 41.3 cm³/mol. The highest BCUT2D eigenvalue weighted by atomic mass is 16.6. The molecule has 3 saturated carbocycles. The van der Waals surface area contributed by atoms with Crippen molar-refractivity contribution in [3.05, 3.63) is 0 Å². The van der Waals surface area contributed by atoms with Crippen LogP contribution in [0, 0.1) is 35.5 Å². The fraction of sp³-hybridized carbons (Fsp3) is 0.800. The first-order valence-corrected chi connectivity index (χ1v) is 5.03. The van der Waals surface area contributed by atoms with E-state index >= 15 is 0 Å². The highest BCUT2D eigenvalue weighted by Crippen LogP contribution is 2.70. The van der Waals surface area contributed by atoms with E-state index in [1.54, 1.807) is 0 Å². The quantitative estimate of drug-likeness (QED) is 0.402. The van der Waals surface area contributed by atoms with Crippen molar-refractivity contribution in [2.75, 3.05) is 0 Å². The molecule has 6 atom stereocenters. The molecule has 1 heterocycles. The summed E-state index contributed by atoms with van der Waals surface area (Å²) in [5.41, 5.74) is 0. The lowest BCUT2D eigenvalue weighted by molar-refractivity contribution is -0.154. The second-order valence-electron chi connectivity index (χ2n) is 4.92. The van der Waals surface area contributed by atoms with Gasteiger partial charge in [0.1, 0.15) is 0 Å². The second-order valence-corrected chi connectivity index (χ2v) is 4.92. The van der Waals surface area contributed by atoms with E-state index in [0.29, 0.717) is 11.8 Å². The van der Waals surface area contributed by atoms with Crippen molar-refractivity contribution in [2.45, 2.75) is 12.8 Å². The third kappa shape index (κ3) is 0.550. The zero-order valence-corrected chi connectivity index (χ0v) is 7.10. The number of carbonyl (C=O) groups is 2. The smallest absolute Gasteiger partial charge is 0.317 e. The molecule has 3 nitrogen and oxygen atoms in total. The average molecular weight is 178 g/mol. The number of hydrogen-bond donors (Lipinski definition) is 0. The molecule has 4 rings (SSSR count). The monoisotopic (exact) mass is 178 g/mol. The van der Waals surface area contributed by atoms with Crippen LogP contribution in [0.25, 0.3) is 0 Å². The van der Waals surface area contributed by atoms with Crippen LogP contribution in [0.15, 0.2) is 0 Å². The van der Waals surface area contributed by atoms with Crippen molar-refractivity contribution in [3.63, 3.8) is 0 Å². The Morgan fingerprint density at radius 3 is 1.85 bits per heavy atom. The van der Waals surface area contributed by atoms with E-state index < -0.39 is 0 Å². The Balaban J connectivity index is 1.84. The summed E-state index contributed by atoms with van der Waals surface area (Å²) in [6.07, 6.45) is 2.38. The summed E-state index contributed by atoms with van der Waals surface area (Å²) < 4.78 is 4.70. The van der Waals surface area contributed by atoms with Crippen LogP contribution in [-0.4, -0.2) is 11.9 Å². The fourth-order valence-electron chi connectivity index (χ4n) is 4.12. The Morgan fingerprint density at radius 1 is 0.846 bits per heavy atom. The van der Waals surface area contributed by atoms with Gasteiger partial charge in [-0.05, 0) is 36.5 Å². The normalized spacial score (nSPS) is 60.6. The molecule has 4 aliphatic rings. The van der Waals surface area contributed by atoms with Crippen LogP contribution in [0.5, 0.6) is 0 Å². The maximum atomic E-state index is 11.4. The predicted octanol–water partition coefficient (Wildman–Crippen LogP) is 0.588. The summed E-state index contributed by atoms with van der Waals surface area (Å²) in [6.45, 7) is 0. The molecule has 1 saturated heterocycles. The highest BCUT2D eigenvalue weighted by molar-refractivity contribution is 5.97. The van der Waals surface area contributed by atoms with Gasteiger partial charge in [-0.15, -0.1) is 0 Å². The summed E-state index contributed by atoms with van der Waals surface area (Å²) in [4.78, 5) is 22.8. The van der Waals surface area contributed by atoms with E-state index in [4.69, 9.17) is 4.74 Å². The minimum Gasteiger partial charge on any atom is -0.393 e. The summed E-state index contributed by atoms with van der Waals surface area (Å²) in [7, 11) is 0. The van der Waals surface area contributed by atoms with Gasteiger partial charge in [-0.1, -0.05) is 0 Å². The highest BCUT2D eigenvalue weighted by Gasteiger charge is 2.71. The van der Waals surface area contributed by atoms with Crippen LogP contribution in [-0.2, 0) is 14.3 Å². The maximum absolute atomic E-state index is 11.4. The van der Waals surface area contributed by atoms with E-state index in [2.05, 4.69) is 0 Å². The van der Waals surface area contributed by atoms with Crippen molar-refractivity contribution in [1.29, 1.82) is 0 Å². The molecular weight excluding hydrogens is 168 g/mol. The first-order chi connectivity index (χ1) is 6.27. The Bertz CT molecular complexity index is 305. The van der Waals surface area contributed by atoms with Crippen molar-refractivity contribution in [3.8, 4) is 0 Å². The van der Waals surface area contributed by atoms with Crippen LogP contribution < -0.4 is 0 Å². The number of esters is 2. The molecule has 0 N–H and O–H groups in total. The molecule has 0 radical (unpaired) electrons. The minimum absolute atomic E-state index is 0.0405. The first kappa shape index (κ1) is 6.57. The Kier molecular flexibility index (Phi) is 0.848. The molecule has 2 bridgehead atoms. The topological polar surface area (TPSA) is 43.4 Å². The molecule has 0 aromatic rings. The average Bonchev–Trinajstić information content (AvgIpc) is 2.58. The van der Waals surface area contributed by atoms with Gasteiger partial charge in [0.05, 0.1) is 11.8 Å². The Labute approximate surface area is 75.4 Å². The maximum Gasteiger partial charge on any atom is 0.317 e. The van der Waals surface area contributed by atoms with E-state index in [0.717, 1.165) is 18.3 Å².